The molecule has 1 amide bonds. The molecule has 0 aliphatic heterocycles. The minimum Gasteiger partial charge on any atom is -0.474 e. The third-order valence-corrected chi connectivity index (χ3v) is 4.02. The van der Waals surface area contributed by atoms with Gasteiger partial charge in [-0.15, -0.1) is 0 Å². The molecule has 0 radical (unpaired) electrons. The molecule has 0 aromatic heterocycles. The number of ether oxygens (including phenoxy) is 1. The number of nitrogens with zero attached hydrogens (tertiary/aromatic N) is 1. The van der Waals surface area contributed by atoms with E-state index in [0.717, 1.165) is 15.6 Å². The smallest absolute Gasteiger partial charge is 0.311 e. The van der Waals surface area contributed by atoms with Gasteiger partial charge in [0, 0.05) is 10.5 Å². The molecule has 6 nitrogen and oxygen atoms in total. The van der Waals surface area contributed by atoms with Crippen molar-refractivity contribution in [3.05, 3.63) is 62.1 Å². The average molecular weight is 393 g/mol. The number of carbonyl (C=O) groups is 1. The zero-order valence-electron chi connectivity index (χ0n) is 13.5. The predicted molar refractivity (Wildman–Crippen MR) is 95.4 cm³/mol. The van der Waals surface area contributed by atoms with Crippen molar-refractivity contribution in [2.24, 2.45) is 0 Å². The summed E-state index contributed by atoms with van der Waals surface area (Å²) in [5.74, 6) is -0.328. The standard InChI is InChI=1S/C17H17BrN2O4/c1-10-4-6-14(13(18)8-10)19-17(21)12(3)24-16-7-5-11(2)9-15(16)20(22)23/h4-9,12H,1-3H3,(H,19,21). The molecule has 0 spiro atoms. The van der Waals surface area contributed by atoms with Crippen LogP contribution in [0.2, 0.25) is 0 Å². The molecule has 0 heterocycles. The second kappa shape index (κ2) is 7.44. The van der Waals surface area contributed by atoms with E-state index in [1.54, 1.807) is 26.0 Å². The summed E-state index contributed by atoms with van der Waals surface area (Å²) in [5, 5.41) is 13.8. The fourth-order valence-electron chi connectivity index (χ4n) is 2.07. The van der Waals surface area contributed by atoms with Gasteiger partial charge in [-0.25, -0.2) is 0 Å². The first-order chi connectivity index (χ1) is 11.3. The third kappa shape index (κ3) is 4.32. The Morgan fingerprint density at radius 2 is 1.83 bits per heavy atom. The molecule has 2 rings (SSSR count). The van der Waals surface area contributed by atoms with Crippen LogP contribution in [0.15, 0.2) is 40.9 Å². The number of rotatable bonds is 5. The lowest BCUT2D eigenvalue weighted by atomic mass is 10.2. The SMILES string of the molecule is Cc1ccc(NC(=O)C(C)Oc2ccc(C)cc2[N+](=O)[O-])c(Br)c1. The Kier molecular flexibility index (Phi) is 5.56. The van der Waals surface area contributed by atoms with Crippen molar-refractivity contribution in [1.82, 2.24) is 0 Å². The Balaban J connectivity index is 2.13. The highest BCUT2D eigenvalue weighted by molar-refractivity contribution is 9.10. The van der Waals surface area contributed by atoms with Gasteiger partial charge >= 0.3 is 5.69 Å². The topological polar surface area (TPSA) is 81.5 Å². The van der Waals surface area contributed by atoms with E-state index in [1.165, 1.54) is 12.1 Å². The van der Waals surface area contributed by atoms with E-state index in [1.807, 2.05) is 19.1 Å². The number of nitro benzene ring substituents is 1. The quantitative estimate of drug-likeness (QED) is 0.604. The minimum absolute atomic E-state index is 0.0659. The maximum atomic E-state index is 12.3. The van der Waals surface area contributed by atoms with Crippen molar-refractivity contribution in [2.75, 3.05) is 5.32 Å². The fraction of sp³-hybridized carbons (Fsp3) is 0.235. The maximum Gasteiger partial charge on any atom is 0.311 e. The van der Waals surface area contributed by atoms with E-state index in [0.29, 0.717) is 5.69 Å². The van der Waals surface area contributed by atoms with Gasteiger partial charge in [-0.05, 0) is 66.0 Å². The van der Waals surface area contributed by atoms with Crippen LogP contribution in [0, 0.1) is 24.0 Å². The van der Waals surface area contributed by atoms with Gasteiger partial charge in [-0.3, -0.25) is 14.9 Å². The first-order valence-electron chi connectivity index (χ1n) is 7.26. The molecular formula is C17H17BrN2O4. The minimum atomic E-state index is -0.889. The molecule has 0 saturated carbocycles. The molecule has 126 valence electrons. The van der Waals surface area contributed by atoms with Gasteiger partial charge in [0.2, 0.25) is 0 Å². The Hall–Kier alpha value is -2.41. The van der Waals surface area contributed by atoms with Gasteiger partial charge in [0.05, 0.1) is 10.6 Å². The number of anilines is 1. The Labute approximate surface area is 148 Å². The summed E-state index contributed by atoms with van der Waals surface area (Å²) in [5.41, 5.74) is 2.25. The molecule has 0 aliphatic carbocycles. The molecule has 1 N–H and O–H groups in total. The molecule has 0 bridgehead atoms. The molecule has 0 fully saturated rings. The van der Waals surface area contributed by atoms with Gasteiger partial charge in [0.15, 0.2) is 11.9 Å². The number of nitrogens with one attached hydrogen (secondary N) is 1. The predicted octanol–water partition coefficient (Wildman–Crippen LogP) is 4.38. The number of hydrogen-bond acceptors (Lipinski definition) is 4. The number of carbonyl (C=O) groups excluding carboxylic acids is 1. The molecule has 2 aromatic carbocycles. The lowest BCUT2D eigenvalue weighted by Gasteiger charge is -2.15. The maximum absolute atomic E-state index is 12.3. The van der Waals surface area contributed by atoms with Crippen molar-refractivity contribution >= 4 is 33.2 Å². The molecular weight excluding hydrogens is 376 g/mol. The summed E-state index contributed by atoms with van der Waals surface area (Å²) < 4.78 is 6.24. The molecule has 7 heteroatoms. The Bertz CT molecular complexity index is 792. The fourth-order valence-corrected chi connectivity index (χ4v) is 2.66. The number of aryl methyl sites for hydroxylation is 2. The van der Waals surface area contributed by atoms with E-state index in [2.05, 4.69) is 21.2 Å². The number of nitro groups is 1. The summed E-state index contributed by atoms with van der Waals surface area (Å²) in [6.45, 7) is 5.24. The molecule has 1 atom stereocenters. The normalized spacial score (nSPS) is 11.7. The van der Waals surface area contributed by atoms with Crippen molar-refractivity contribution < 1.29 is 14.5 Å². The van der Waals surface area contributed by atoms with Crippen LogP contribution in [0.1, 0.15) is 18.1 Å². The van der Waals surface area contributed by atoms with Crippen LogP contribution < -0.4 is 10.1 Å². The zero-order chi connectivity index (χ0) is 17.9. The summed E-state index contributed by atoms with van der Waals surface area (Å²) in [4.78, 5) is 22.9. The van der Waals surface area contributed by atoms with Crippen LogP contribution in [0.25, 0.3) is 0 Å². The van der Waals surface area contributed by atoms with E-state index < -0.39 is 16.9 Å². The first kappa shape index (κ1) is 17.9. The molecule has 1 unspecified atom stereocenters. The van der Waals surface area contributed by atoms with Crippen molar-refractivity contribution in [3.63, 3.8) is 0 Å². The molecule has 0 saturated heterocycles. The summed E-state index contributed by atoms with van der Waals surface area (Å²) in [7, 11) is 0. The number of benzene rings is 2. The lowest BCUT2D eigenvalue weighted by Crippen LogP contribution is -2.30. The van der Waals surface area contributed by atoms with E-state index in [9.17, 15) is 14.9 Å². The molecule has 2 aromatic rings. The second-order valence-electron chi connectivity index (χ2n) is 5.46. The van der Waals surface area contributed by atoms with Crippen LogP contribution >= 0.6 is 15.9 Å². The largest absolute Gasteiger partial charge is 0.474 e. The molecule has 24 heavy (non-hydrogen) atoms. The van der Waals surface area contributed by atoms with Crippen molar-refractivity contribution in [1.29, 1.82) is 0 Å². The third-order valence-electron chi connectivity index (χ3n) is 3.37. The van der Waals surface area contributed by atoms with Crippen LogP contribution in [0.5, 0.6) is 5.75 Å². The van der Waals surface area contributed by atoms with Crippen LogP contribution in [0.4, 0.5) is 11.4 Å². The highest BCUT2D eigenvalue weighted by Gasteiger charge is 2.21. The highest BCUT2D eigenvalue weighted by atomic mass is 79.9. The van der Waals surface area contributed by atoms with Crippen LogP contribution in [-0.4, -0.2) is 16.9 Å². The van der Waals surface area contributed by atoms with Crippen LogP contribution in [-0.2, 0) is 4.79 Å². The Morgan fingerprint density at radius 3 is 2.46 bits per heavy atom. The van der Waals surface area contributed by atoms with E-state index >= 15 is 0 Å². The number of hydrogen-bond donors (Lipinski definition) is 1. The summed E-state index contributed by atoms with van der Waals surface area (Å²) >= 11 is 3.39. The van der Waals surface area contributed by atoms with E-state index in [-0.39, 0.29) is 11.4 Å². The van der Waals surface area contributed by atoms with Gasteiger partial charge in [0.25, 0.3) is 5.91 Å². The summed E-state index contributed by atoms with van der Waals surface area (Å²) in [6, 6.07) is 10.1. The first-order valence-corrected chi connectivity index (χ1v) is 8.06. The van der Waals surface area contributed by atoms with Gasteiger partial charge < -0.3 is 10.1 Å². The number of amides is 1. The van der Waals surface area contributed by atoms with Gasteiger partial charge in [-0.1, -0.05) is 12.1 Å². The van der Waals surface area contributed by atoms with Crippen LogP contribution in [0.3, 0.4) is 0 Å². The monoisotopic (exact) mass is 392 g/mol. The van der Waals surface area contributed by atoms with E-state index in [4.69, 9.17) is 4.74 Å². The average Bonchev–Trinajstić information content (AvgIpc) is 2.51. The lowest BCUT2D eigenvalue weighted by molar-refractivity contribution is -0.386. The van der Waals surface area contributed by atoms with Crippen molar-refractivity contribution in [2.45, 2.75) is 26.9 Å². The number of halogens is 1. The Morgan fingerprint density at radius 1 is 1.21 bits per heavy atom. The summed E-state index contributed by atoms with van der Waals surface area (Å²) in [6.07, 6.45) is -0.889. The zero-order valence-corrected chi connectivity index (χ0v) is 15.1. The van der Waals surface area contributed by atoms with Gasteiger partial charge in [-0.2, -0.15) is 0 Å². The molecule has 0 aliphatic rings. The van der Waals surface area contributed by atoms with Gasteiger partial charge in [0.1, 0.15) is 0 Å². The second-order valence-corrected chi connectivity index (χ2v) is 6.32. The highest BCUT2D eigenvalue weighted by Crippen LogP contribution is 2.29. The van der Waals surface area contributed by atoms with Crippen molar-refractivity contribution in [3.8, 4) is 5.75 Å².